The van der Waals surface area contributed by atoms with E-state index >= 15 is 0 Å². The number of aromatic nitrogens is 2. The molecule has 1 aliphatic carbocycles. The maximum atomic E-state index is 13.3. The van der Waals surface area contributed by atoms with Crippen LogP contribution < -0.4 is 4.74 Å². The van der Waals surface area contributed by atoms with Crippen molar-refractivity contribution in [2.75, 3.05) is 7.11 Å². The lowest BCUT2D eigenvalue weighted by Crippen LogP contribution is -2.13. The third kappa shape index (κ3) is 2.96. The van der Waals surface area contributed by atoms with Crippen molar-refractivity contribution in [1.29, 1.82) is 0 Å². The number of halogens is 4. The molecule has 1 aliphatic rings. The Balaban J connectivity index is 1.95. The number of pyridine rings is 1. The smallest absolute Gasteiger partial charge is 0.436 e. The number of methoxy groups -OCH3 is 1. The van der Waals surface area contributed by atoms with Crippen LogP contribution in [0, 0.1) is 0 Å². The number of benzene rings is 1. The summed E-state index contributed by atoms with van der Waals surface area (Å²) in [5.41, 5.74) is 2.19. The summed E-state index contributed by atoms with van der Waals surface area (Å²) in [6, 6.07) is 8.75. The first kappa shape index (κ1) is 17.9. The molecule has 3 aromatic rings. The van der Waals surface area contributed by atoms with E-state index in [1.54, 1.807) is 18.2 Å². The molecule has 0 bridgehead atoms. The lowest BCUT2D eigenvalue weighted by Gasteiger charge is -2.16. The zero-order valence-corrected chi connectivity index (χ0v) is 15.0. The van der Waals surface area contributed by atoms with Gasteiger partial charge in [0.05, 0.1) is 17.6 Å². The number of aryl methyl sites for hydroxylation is 1. The fraction of sp³-hybridized carbons (Fsp3) is 0.263. The third-order valence-electron chi connectivity index (χ3n) is 4.74. The second kappa shape index (κ2) is 6.27. The highest BCUT2D eigenvalue weighted by Gasteiger charge is 2.38. The van der Waals surface area contributed by atoms with Crippen LogP contribution in [0.2, 0.25) is 5.02 Å². The Morgan fingerprint density at radius 2 is 1.93 bits per heavy atom. The molecule has 2 heterocycles. The van der Waals surface area contributed by atoms with E-state index in [1.165, 1.54) is 7.11 Å². The molecule has 4 rings (SSSR count). The predicted molar refractivity (Wildman–Crippen MR) is 94.2 cm³/mol. The average molecular weight is 395 g/mol. The summed E-state index contributed by atoms with van der Waals surface area (Å²) in [5.74, 6) is 0.338. The number of ketones is 1. The molecular weight excluding hydrogens is 381 g/mol. The van der Waals surface area contributed by atoms with E-state index in [2.05, 4.69) is 5.10 Å². The van der Waals surface area contributed by atoms with E-state index < -0.39 is 16.9 Å². The molecule has 1 aromatic carbocycles. The Bertz CT molecular complexity index is 1070. The molecule has 140 valence electrons. The summed E-state index contributed by atoms with van der Waals surface area (Å²) < 4.78 is 46.1. The molecule has 0 spiro atoms. The van der Waals surface area contributed by atoms with Crippen LogP contribution in [0.4, 0.5) is 13.2 Å². The van der Waals surface area contributed by atoms with Crippen LogP contribution in [-0.4, -0.2) is 22.5 Å². The summed E-state index contributed by atoms with van der Waals surface area (Å²) in [6.07, 6.45) is -3.20. The lowest BCUT2D eigenvalue weighted by molar-refractivity contribution is -0.141. The second-order valence-electron chi connectivity index (χ2n) is 6.41. The first-order chi connectivity index (χ1) is 12.8. The summed E-state index contributed by atoms with van der Waals surface area (Å²) in [7, 11) is 1.35. The minimum Gasteiger partial charge on any atom is -0.481 e. The molecule has 0 atom stereocenters. The van der Waals surface area contributed by atoms with E-state index in [0.29, 0.717) is 30.4 Å². The summed E-state index contributed by atoms with van der Waals surface area (Å²) in [5, 5.41) is 3.16. The number of hydrogen-bond donors (Lipinski definition) is 0. The summed E-state index contributed by atoms with van der Waals surface area (Å²) >= 11 is 6.08. The van der Waals surface area contributed by atoms with Crippen LogP contribution in [-0.2, 0) is 23.8 Å². The monoisotopic (exact) mass is 394 g/mol. The Kier molecular flexibility index (Phi) is 4.14. The molecule has 0 amide bonds. The van der Waals surface area contributed by atoms with Crippen molar-refractivity contribution in [3.63, 3.8) is 0 Å². The highest BCUT2D eigenvalue weighted by Crippen LogP contribution is 2.41. The number of ether oxygens (including phenoxy) is 1. The van der Waals surface area contributed by atoms with Gasteiger partial charge in [0, 0.05) is 24.5 Å². The SMILES string of the molecule is COc1ccc(-c2ccc3c(c2)CCC(=O)C3)c2c(Cl)c(C(F)(F)F)nn12. The average Bonchev–Trinajstić information content (AvgIpc) is 2.99. The van der Waals surface area contributed by atoms with Crippen molar-refractivity contribution in [2.24, 2.45) is 0 Å². The van der Waals surface area contributed by atoms with Crippen molar-refractivity contribution < 1.29 is 22.7 Å². The van der Waals surface area contributed by atoms with Gasteiger partial charge in [0.15, 0.2) is 5.69 Å². The minimum atomic E-state index is -4.68. The number of carbonyl (C=O) groups excluding carboxylic acids is 1. The van der Waals surface area contributed by atoms with Gasteiger partial charge in [-0.05, 0) is 29.2 Å². The zero-order valence-electron chi connectivity index (χ0n) is 14.2. The topological polar surface area (TPSA) is 43.6 Å². The molecule has 27 heavy (non-hydrogen) atoms. The second-order valence-corrected chi connectivity index (χ2v) is 6.79. The molecule has 0 N–H and O–H groups in total. The molecule has 2 aromatic heterocycles. The van der Waals surface area contributed by atoms with Crippen molar-refractivity contribution in [3.8, 4) is 17.0 Å². The van der Waals surface area contributed by atoms with Gasteiger partial charge >= 0.3 is 6.18 Å². The van der Waals surface area contributed by atoms with E-state index in [1.807, 2.05) is 12.1 Å². The van der Waals surface area contributed by atoms with Gasteiger partial charge in [-0.3, -0.25) is 4.79 Å². The quantitative estimate of drug-likeness (QED) is 0.630. The number of carbonyl (C=O) groups is 1. The predicted octanol–water partition coefficient (Wildman–Crippen LogP) is 4.74. The Morgan fingerprint density at radius 1 is 1.15 bits per heavy atom. The normalized spacial score (nSPS) is 14.5. The highest BCUT2D eigenvalue weighted by molar-refractivity contribution is 6.35. The van der Waals surface area contributed by atoms with Gasteiger partial charge in [-0.1, -0.05) is 29.8 Å². The lowest BCUT2D eigenvalue weighted by atomic mass is 9.88. The summed E-state index contributed by atoms with van der Waals surface area (Å²) in [4.78, 5) is 11.6. The number of hydrogen-bond acceptors (Lipinski definition) is 3. The Hall–Kier alpha value is -2.54. The number of nitrogens with zero attached hydrogens (tertiary/aromatic N) is 2. The minimum absolute atomic E-state index is 0.134. The molecule has 0 radical (unpaired) electrons. The largest absolute Gasteiger partial charge is 0.481 e. The van der Waals surface area contributed by atoms with Crippen LogP contribution in [0.15, 0.2) is 30.3 Å². The van der Waals surface area contributed by atoms with Crippen molar-refractivity contribution in [1.82, 2.24) is 9.61 Å². The van der Waals surface area contributed by atoms with Gasteiger partial charge in [-0.15, -0.1) is 0 Å². The Morgan fingerprint density at radius 3 is 2.63 bits per heavy atom. The maximum absolute atomic E-state index is 13.3. The molecular formula is C19H14ClF3N2O2. The van der Waals surface area contributed by atoms with Crippen molar-refractivity contribution in [2.45, 2.75) is 25.4 Å². The van der Waals surface area contributed by atoms with E-state index in [-0.39, 0.29) is 17.2 Å². The number of Topliss-reactive ketones (excluding diaryl/α,β-unsaturated/α-hetero) is 1. The highest BCUT2D eigenvalue weighted by atomic mass is 35.5. The van der Waals surface area contributed by atoms with E-state index in [0.717, 1.165) is 15.6 Å². The number of alkyl halides is 3. The van der Waals surface area contributed by atoms with E-state index in [9.17, 15) is 18.0 Å². The number of fused-ring (bicyclic) bond motifs is 2. The summed E-state index contributed by atoms with van der Waals surface area (Å²) in [6.45, 7) is 0. The van der Waals surface area contributed by atoms with Crippen LogP contribution in [0.3, 0.4) is 0 Å². The standard InChI is InChI=1S/C19H14ClF3N2O2/c1-27-15-7-6-14(17-16(20)18(19(21,22)23)24-25(15)17)12-3-2-11-9-13(26)5-4-10(11)8-12/h2-3,6-8H,4-5,9H2,1H3. The van der Waals surface area contributed by atoms with Crippen LogP contribution in [0.5, 0.6) is 5.88 Å². The van der Waals surface area contributed by atoms with Gasteiger partial charge < -0.3 is 4.74 Å². The van der Waals surface area contributed by atoms with Crippen molar-refractivity contribution >= 4 is 22.9 Å². The molecule has 4 nitrogen and oxygen atoms in total. The maximum Gasteiger partial charge on any atom is 0.436 e. The van der Waals surface area contributed by atoms with Gasteiger partial charge in [-0.25, -0.2) is 0 Å². The molecule has 0 saturated heterocycles. The van der Waals surface area contributed by atoms with E-state index in [4.69, 9.17) is 16.3 Å². The fourth-order valence-electron chi connectivity index (χ4n) is 3.44. The van der Waals surface area contributed by atoms with Crippen LogP contribution in [0.1, 0.15) is 23.2 Å². The fourth-order valence-corrected chi connectivity index (χ4v) is 3.76. The van der Waals surface area contributed by atoms with Gasteiger partial charge in [-0.2, -0.15) is 22.8 Å². The number of rotatable bonds is 2. The van der Waals surface area contributed by atoms with Crippen molar-refractivity contribution in [3.05, 3.63) is 52.2 Å². The molecule has 0 unspecified atom stereocenters. The van der Waals surface area contributed by atoms with Crippen LogP contribution >= 0.6 is 11.6 Å². The van der Waals surface area contributed by atoms with Gasteiger partial charge in [0.25, 0.3) is 0 Å². The van der Waals surface area contributed by atoms with Crippen LogP contribution in [0.25, 0.3) is 16.6 Å². The first-order valence-electron chi connectivity index (χ1n) is 8.26. The zero-order chi connectivity index (χ0) is 19.3. The third-order valence-corrected chi connectivity index (χ3v) is 5.10. The first-order valence-corrected chi connectivity index (χ1v) is 8.63. The molecule has 0 aliphatic heterocycles. The van der Waals surface area contributed by atoms with Gasteiger partial charge in [0.2, 0.25) is 5.88 Å². The molecule has 8 heteroatoms. The molecule has 0 saturated carbocycles. The van der Waals surface area contributed by atoms with Gasteiger partial charge in [0.1, 0.15) is 5.78 Å². The molecule has 0 fully saturated rings. The Labute approximate surface area is 157 Å².